The molecule has 6 heteroatoms. The van der Waals surface area contributed by atoms with Gasteiger partial charge in [-0.2, -0.15) is 0 Å². The first-order valence-electron chi connectivity index (χ1n) is 10.6. The van der Waals surface area contributed by atoms with Crippen LogP contribution in [0.15, 0.2) is 5.16 Å². The van der Waals surface area contributed by atoms with Gasteiger partial charge in [0.1, 0.15) is 19.7 Å². The molecule has 0 heterocycles. The second kappa shape index (κ2) is 7.69. The highest BCUT2D eigenvalue weighted by Crippen LogP contribution is 2.67. The van der Waals surface area contributed by atoms with E-state index in [0.717, 1.165) is 19.3 Å². The number of nitrogens with zero attached hydrogens (tertiary/aromatic N) is 1. The Balaban J connectivity index is 2.16. The number of rotatable bonds is 5. The Kier molecular flexibility index (Phi) is 5.97. The van der Waals surface area contributed by atoms with Gasteiger partial charge in [0.15, 0.2) is 0 Å². The Labute approximate surface area is 169 Å². The molecule has 0 aromatic carbocycles. The molecule has 28 heavy (non-hydrogen) atoms. The number of carbonyl (C=O) groups excluding carboxylic acids is 1. The van der Waals surface area contributed by atoms with E-state index in [4.69, 9.17) is 14.3 Å². The third kappa shape index (κ3) is 3.03. The molecular formula is C22H37NO5. The number of methoxy groups -OCH3 is 1. The van der Waals surface area contributed by atoms with Crippen molar-refractivity contribution in [2.75, 3.05) is 21.0 Å². The van der Waals surface area contributed by atoms with Crippen molar-refractivity contribution < 1.29 is 24.2 Å². The first kappa shape index (κ1) is 21.7. The zero-order valence-corrected chi connectivity index (χ0v) is 18.2. The predicted octanol–water partition coefficient (Wildman–Crippen LogP) is 3.42. The van der Waals surface area contributed by atoms with Gasteiger partial charge >= 0.3 is 0 Å². The minimum Gasteiger partial charge on any atom is -0.399 e. The van der Waals surface area contributed by atoms with Crippen LogP contribution in [0.1, 0.15) is 59.8 Å². The third-order valence-corrected chi connectivity index (χ3v) is 8.64. The van der Waals surface area contributed by atoms with Gasteiger partial charge in [-0.15, -0.1) is 0 Å². The topological polar surface area (TPSA) is 77.4 Å². The van der Waals surface area contributed by atoms with Crippen molar-refractivity contribution in [3.8, 4) is 0 Å². The molecule has 2 unspecified atom stereocenters. The molecule has 3 fully saturated rings. The first-order chi connectivity index (χ1) is 13.2. The van der Waals surface area contributed by atoms with Gasteiger partial charge < -0.3 is 19.4 Å². The minimum atomic E-state index is -0.622. The van der Waals surface area contributed by atoms with Crippen LogP contribution in [0.2, 0.25) is 0 Å². The molecule has 0 saturated heterocycles. The molecule has 3 aliphatic rings. The summed E-state index contributed by atoms with van der Waals surface area (Å²) in [4.78, 5) is 18.1. The van der Waals surface area contributed by atoms with Gasteiger partial charge in [0, 0.05) is 30.3 Å². The summed E-state index contributed by atoms with van der Waals surface area (Å²) >= 11 is 0. The largest absolute Gasteiger partial charge is 0.399 e. The molecule has 0 spiro atoms. The fourth-order valence-electron chi connectivity index (χ4n) is 6.92. The molecule has 8 atom stereocenters. The normalized spacial score (nSPS) is 49.0. The van der Waals surface area contributed by atoms with E-state index in [9.17, 15) is 9.90 Å². The summed E-state index contributed by atoms with van der Waals surface area (Å²) in [6.07, 6.45) is 4.90. The van der Waals surface area contributed by atoms with Crippen molar-refractivity contribution in [3.63, 3.8) is 0 Å². The quantitative estimate of drug-likeness (QED) is 0.438. The number of carbonyl (C=O) groups is 1. The predicted molar refractivity (Wildman–Crippen MR) is 107 cm³/mol. The lowest BCUT2D eigenvalue weighted by atomic mass is 9.44. The highest BCUT2D eigenvalue weighted by Gasteiger charge is 2.67. The molecule has 0 aromatic rings. The Hall–Kier alpha value is -0.980. The van der Waals surface area contributed by atoms with E-state index >= 15 is 0 Å². The van der Waals surface area contributed by atoms with E-state index in [-0.39, 0.29) is 36.1 Å². The summed E-state index contributed by atoms with van der Waals surface area (Å²) in [5.74, 6) is 0.618. The van der Waals surface area contributed by atoms with Gasteiger partial charge in [0.05, 0.1) is 18.4 Å². The summed E-state index contributed by atoms with van der Waals surface area (Å²) in [6.45, 7) is 8.81. The van der Waals surface area contributed by atoms with Crippen molar-refractivity contribution in [3.05, 3.63) is 0 Å². The van der Waals surface area contributed by atoms with Crippen molar-refractivity contribution in [1.29, 1.82) is 0 Å². The molecule has 1 N–H and O–H groups in total. The van der Waals surface area contributed by atoms with E-state index < -0.39 is 16.9 Å². The highest BCUT2D eigenvalue weighted by atomic mass is 16.7. The molecule has 6 nitrogen and oxygen atoms in total. The van der Waals surface area contributed by atoms with Gasteiger partial charge in [-0.05, 0) is 42.9 Å². The Bertz CT molecular complexity index is 624. The standard InChI is InChI=1S/C22H37NO5/c1-14-7-9-22-10-8-16(24)18(22)21(14,4)17(25)11-20(3,12-23-27-6)19(15(22)2)28-13-26-5/h12,14-15,17-19,25H,7-11,13H2,1-6H3/b23-12+/t14-,15+,17-,18?,19+,20+,21+,22?/m1/s1. The molecule has 3 rings (SSSR count). The average molecular weight is 396 g/mol. The second-order valence-electron chi connectivity index (χ2n) is 9.86. The molecule has 0 amide bonds. The van der Waals surface area contributed by atoms with E-state index in [0.29, 0.717) is 18.6 Å². The Morgan fingerprint density at radius 2 is 1.96 bits per heavy atom. The van der Waals surface area contributed by atoms with Crippen molar-refractivity contribution >= 4 is 12.0 Å². The van der Waals surface area contributed by atoms with Gasteiger partial charge in [-0.1, -0.05) is 32.9 Å². The summed E-state index contributed by atoms with van der Waals surface area (Å²) in [7, 11) is 3.14. The van der Waals surface area contributed by atoms with Crippen molar-refractivity contribution in [2.24, 2.45) is 39.2 Å². The Morgan fingerprint density at radius 1 is 1.25 bits per heavy atom. The first-order valence-corrected chi connectivity index (χ1v) is 10.6. The van der Waals surface area contributed by atoms with Crippen molar-refractivity contribution in [1.82, 2.24) is 0 Å². The maximum Gasteiger partial charge on any atom is 0.146 e. The summed E-state index contributed by atoms with van der Waals surface area (Å²) in [5, 5.41) is 15.6. The summed E-state index contributed by atoms with van der Waals surface area (Å²) in [6, 6.07) is 0. The van der Waals surface area contributed by atoms with E-state index in [2.05, 4.69) is 32.9 Å². The molecule has 2 bridgehead atoms. The number of hydrogen-bond acceptors (Lipinski definition) is 6. The van der Waals surface area contributed by atoms with E-state index in [1.165, 1.54) is 7.11 Å². The fraction of sp³-hybridized carbons (Fsp3) is 0.909. The van der Waals surface area contributed by atoms with Crippen LogP contribution in [0, 0.1) is 34.0 Å². The van der Waals surface area contributed by atoms with Crippen LogP contribution < -0.4 is 0 Å². The van der Waals surface area contributed by atoms with Crippen LogP contribution in [0.4, 0.5) is 0 Å². The molecule has 0 aliphatic heterocycles. The smallest absolute Gasteiger partial charge is 0.146 e. The van der Waals surface area contributed by atoms with E-state index in [1.807, 2.05) is 0 Å². The van der Waals surface area contributed by atoms with Gasteiger partial charge in [0.2, 0.25) is 0 Å². The Morgan fingerprint density at radius 3 is 2.61 bits per heavy atom. The van der Waals surface area contributed by atoms with Crippen LogP contribution in [-0.2, 0) is 19.1 Å². The fourth-order valence-corrected chi connectivity index (χ4v) is 6.92. The lowest BCUT2D eigenvalue weighted by Gasteiger charge is -2.61. The zero-order chi connectivity index (χ0) is 20.7. The third-order valence-electron chi connectivity index (χ3n) is 8.64. The number of oxime groups is 1. The van der Waals surface area contributed by atoms with Gasteiger partial charge in [-0.3, -0.25) is 4.79 Å². The number of Topliss-reactive ketones (excluding diaryl/α,β-unsaturated/α-hetero) is 1. The molecule has 0 aromatic heterocycles. The second-order valence-corrected chi connectivity index (χ2v) is 9.86. The molecule has 3 saturated carbocycles. The highest BCUT2D eigenvalue weighted by molar-refractivity contribution is 5.85. The maximum atomic E-state index is 13.2. The zero-order valence-electron chi connectivity index (χ0n) is 18.2. The van der Waals surface area contributed by atoms with Crippen LogP contribution >= 0.6 is 0 Å². The van der Waals surface area contributed by atoms with E-state index in [1.54, 1.807) is 13.3 Å². The average Bonchev–Trinajstić information content (AvgIpc) is 3.01. The number of aliphatic hydroxyl groups is 1. The maximum absolute atomic E-state index is 13.2. The molecule has 160 valence electrons. The number of aliphatic hydroxyl groups excluding tert-OH is 1. The van der Waals surface area contributed by atoms with Crippen LogP contribution in [-0.4, -0.2) is 50.3 Å². The molecule has 0 radical (unpaired) electrons. The number of ether oxygens (including phenoxy) is 2. The molecule has 3 aliphatic carbocycles. The monoisotopic (exact) mass is 395 g/mol. The van der Waals surface area contributed by atoms with Crippen LogP contribution in [0.5, 0.6) is 0 Å². The number of ketones is 1. The van der Waals surface area contributed by atoms with Crippen LogP contribution in [0.3, 0.4) is 0 Å². The lowest BCUT2D eigenvalue weighted by Crippen LogP contribution is -2.63. The summed E-state index contributed by atoms with van der Waals surface area (Å²) in [5.41, 5.74) is -1.12. The number of hydrogen-bond donors (Lipinski definition) is 1. The minimum absolute atomic E-state index is 0.119. The van der Waals surface area contributed by atoms with Crippen LogP contribution in [0.25, 0.3) is 0 Å². The lowest BCUT2D eigenvalue weighted by molar-refractivity contribution is -0.210. The summed E-state index contributed by atoms with van der Waals surface area (Å²) < 4.78 is 11.5. The SMILES string of the molecule is COCO[C@H]1[C@H](C)C23CCC(=O)C2[C@@](C)([C@H](C)CC3)[C@H](O)C[C@@]1(C)/C=N/OC. The van der Waals surface area contributed by atoms with Gasteiger partial charge in [0.25, 0.3) is 0 Å². The van der Waals surface area contributed by atoms with Gasteiger partial charge in [-0.25, -0.2) is 0 Å². The molecular weight excluding hydrogens is 358 g/mol. The van der Waals surface area contributed by atoms with Crippen molar-refractivity contribution in [2.45, 2.75) is 72.0 Å².